The van der Waals surface area contributed by atoms with Crippen LogP contribution in [0.25, 0.3) is 0 Å². The average molecular weight is 389 g/mol. The highest BCUT2D eigenvalue weighted by atomic mass is 16.5. The Bertz CT molecular complexity index is 703. The molecule has 7 nitrogen and oxygen atoms in total. The third-order valence-corrected chi connectivity index (χ3v) is 6.01. The van der Waals surface area contributed by atoms with E-state index < -0.39 is 0 Å². The van der Waals surface area contributed by atoms with E-state index in [1.165, 1.54) is 0 Å². The second-order valence-electron chi connectivity index (χ2n) is 7.59. The minimum atomic E-state index is -0.0855. The first-order chi connectivity index (χ1) is 13.5. The Labute approximate surface area is 167 Å². The molecule has 2 aliphatic heterocycles. The van der Waals surface area contributed by atoms with Crippen LogP contribution in [0.15, 0.2) is 18.2 Å². The zero-order valence-corrected chi connectivity index (χ0v) is 17.1. The largest absolute Gasteiger partial charge is 0.496 e. The zero-order chi connectivity index (χ0) is 20.1. The summed E-state index contributed by atoms with van der Waals surface area (Å²) < 4.78 is 10.6. The van der Waals surface area contributed by atoms with Crippen LogP contribution in [0.4, 0.5) is 0 Å². The van der Waals surface area contributed by atoms with Crippen molar-refractivity contribution in [1.29, 1.82) is 0 Å². The van der Waals surface area contributed by atoms with Gasteiger partial charge in [-0.25, -0.2) is 0 Å². The number of benzene rings is 1. The van der Waals surface area contributed by atoms with Crippen molar-refractivity contribution in [3.63, 3.8) is 0 Å². The summed E-state index contributed by atoms with van der Waals surface area (Å²) in [6.45, 7) is 5.11. The molecule has 0 radical (unpaired) electrons. The van der Waals surface area contributed by atoms with Gasteiger partial charge >= 0.3 is 0 Å². The lowest BCUT2D eigenvalue weighted by atomic mass is 10.1. The van der Waals surface area contributed by atoms with E-state index in [9.17, 15) is 9.59 Å². The monoisotopic (exact) mass is 389 g/mol. The maximum atomic E-state index is 12.6. The predicted octanol–water partition coefficient (Wildman–Crippen LogP) is 1.45. The summed E-state index contributed by atoms with van der Waals surface area (Å²) in [5, 5.41) is 3.05. The van der Waals surface area contributed by atoms with Crippen LogP contribution in [0.2, 0.25) is 0 Å². The highest BCUT2D eigenvalue weighted by Crippen LogP contribution is 2.25. The molecule has 2 saturated heterocycles. The fourth-order valence-corrected chi connectivity index (χ4v) is 4.11. The van der Waals surface area contributed by atoms with Crippen molar-refractivity contribution in [2.45, 2.75) is 38.3 Å². The van der Waals surface area contributed by atoms with Gasteiger partial charge in [0.25, 0.3) is 5.91 Å². The number of methoxy groups -OCH3 is 1. The molecule has 28 heavy (non-hydrogen) atoms. The number of morpholine rings is 1. The highest BCUT2D eigenvalue weighted by Gasteiger charge is 2.33. The third-order valence-electron chi connectivity index (χ3n) is 6.01. The average Bonchev–Trinajstić information content (AvgIpc) is 3.06. The van der Waals surface area contributed by atoms with Crippen LogP contribution in [-0.2, 0) is 9.53 Å². The summed E-state index contributed by atoms with van der Waals surface area (Å²) in [7, 11) is 3.66. The maximum absolute atomic E-state index is 12.6. The van der Waals surface area contributed by atoms with Crippen LogP contribution in [0.3, 0.4) is 0 Å². The summed E-state index contributed by atoms with van der Waals surface area (Å²) in [6, 6.07) is 5.98. The predicted molar refractivity (Wildman–Crippen MR) is 107 cm³/mol. The molecule has 0 saturated carbocycles. The highest BCUT2D eigenvalue weighted by molar-refractivity contribution is 5.96. The quantitative estimate of drug-likeness (QED) is 0.797. The van der Waals surface area contributed by atoms with Crippen molar-refractivity contribution in [2.24, 2.45) is 0 Å². The molecule has 0 aromatic heterocycles. The van der Waals surface area contributed by atoms with Crippen LogP contribution in [0, 0.1) is 6.92 Å². The molecule has 7 heteroatoms. The van der Waals surface area contributed by atoms with Crippen LogP contribution in [-0.4, -0.2) is 80.7 Å². The Kier molecular flexibility index (Phi) is 6.91. The number of ether oxygens (including phenoxy) is 2. The lowest BCUT2D eigenvalue weighted by molar-refractivity contribution is -0.136. The molecule has 0 unspecified atom stereocenters. The lowest BCUT2D eigenvalue weighted by Crippen LogP contribution is -2.45. The lowest BCUT2D eigenvalue weighted by Gasteiger charge is -2.30. The number of likely N-dealkylation sites (tertiary alicyclic amines) is 1. The molecule has 1 aromatic carbocycles. The van der Waals surface area contributed by atoms with Gasteiger partial charge in [-0.05, 0) is 38.9 Å². The fraction of sp³-hybridized carbons (Fsp3) is 0.619. The molecule has 1 N–H and O–H groups in total. The van der Waals surface area contributed by atoms with E-state index in [0.29, 0.717) is 50.6 Å². The maximum Gasteiger partial charge on any atom is 0.251 e. The molecule has 2 amide bonds. The Morgan fingerprint density at radius 1 is 1.21 bits per heavy atom. The van der Waals surface area contributed by atoms with Gasteiger partial charge in [0, 0.05) is 49.3 Å². The minimum Gasteiger partial charge on any atom is -0.496 e. The molecule has 3 rings (SSSR count). The molecule has 0 bridgehead atoms. The van der Waals surface area contributed by atoms with Crippen LogP contribution >= 0.6 is 0 Å². The normalized spacial score (nSPS) is 22.9. The molecule has 2 fully saturated rings. The first-order valence-electron chi connectivity index (χ1n) is 10.0. The number of nitrogens with zero attached hydrogens (tertiary/aromatic N) is 2. The van der Waals surface area contributed by atoms with E-state index in [2.05, 4.69) is 17.3 Å². The van der Waals surface area contributed by atoms with Gasteiger partial charge in [-0.3, -0.25) is 14.5 Å². The molecule has 2 heterocycles. The zero-order valence-electron chi connectivity index (χ0n) is 17.1. The van der Waals surface area contributed by atoms with Crippen molar-refractivity contribution in [2.75, 3.05) is 47.0 Å². The molecular formula is C21H31N3O4. The first-order valence-corrected chi connectivity index (χ1v) is 10.0. The number of amides is 2. The standard InChI is InChI=1S/C21H31N3O4/c1-15-18(5-4-6-19(15)27-3)21(26)22-14-17-8-7-16(23(17)2)13-20(25)24-9-11-28-12-10-24/h4-6,16-17H,7-14H2,1-3H3,(H,22,26)/t16-,17+/m1/s1. The number of carbonyl (C=O) groups excluding carboxylic acids is 2. The Hall–Kier alpha value is -2.12. The number of nitrogens with one attached hydrogen (secondary N) is 1. The van der Waals surface area contributed by atoms with Crippen molar-refractivity contribution < 1.29 is 19.1 Å². The Morgan fingerprint density at radius 2 is 1.93 bits per heavy atom. The van der Waals surface area contributed by atoms with Crippen LogP contribution in [0.1, 0.15) is 35.2 Å². The van der Waals surface area contributed by atoms with Crippen molar-refractivity contribution in [1.82, 2.24) is 15.1 Å². The van der Waals surface area contributed by atoms with E-state index in [-0.39, 0.29) is 23.9 Å². The second kappa shape index (κ2) is 9.39. The molecule has 2 atom stereocenters. The van der Waals surface area contributed by atoms with E-state index in [1.54, 1.807) is 7.11 Å². The molecule has 154 valence electrons. The molecule has 1 aromatic rings. The first kappa shape index (κ1) is 20.6. The third kappa shape index (κ3) is 4.64. The topological polar surface area (TPSA) is 71.1 Å². The Balaban J connectivity index is 1.50. The number of carbonyl (C=O) groups is 2. The van der Waals surface area contributed by atoms with Crippen molar-refractivity contribution in [3.8, 4) is 5.75 Å². The van der Waals surface area contributed by atoms with Gasteiger partial charge in [0.2, 0.25) is 5.91 Å². The summed E-state index contributed by atoms with van der Waals surface area (Å²) >= 11 is 0. The summed E-state index contributed by atoms with van der Waals surface area (Å²) in [5.74, 6) is 0.835. The summed E-state index contributed by atoms with van der Waals surface area (Å²) in [4.78, 5) is 29.3. The van der Waals surface area contributed by atoms with Crippen LogP contribution < -0.4 is 10.1 Å². The van der Waals surface area contributed by atoms with Gasteiger partial charge in [-0.2, -0.15) is 0 Å². The van der Waals surface area contributed by atoms with Gasteiger partial charge in [0.1, 0.15) is 5.75 Å². The fourth-order valence-electron chi connectivity index (χ4n) is 4.11. The SMILES string of the molecule is COc1cccc(C(=O)NC[C@@H]2CC[C@H](CC(=O)N3CCOCC3)N2C)c1C. The molecule has 0 aliphatic carbocycles. The summed E-state index contributed by atoms with van der Waals surface area (Å²) in [5.41, 5.74) is 1.48. The van der Waals surface area contributed by atoms with Gasteiger partial charge in [0.15, 0.2) is 0 Å². The van der Waals surface area contributed by atoms with E-state index in [0.717, 1.165) is 18.4 Å². The second-order valence-corrected chi connectivity index (χ2v) is 7.59. The van der Waals surface area contributed by atoms with Gasteiger partial charge in [-0.1, -0.05) is 6.07 Å². The Morgan fingerprint density at radius 3 is 2.64 bits per heavy atom. The molecular weight excluding hydrogens is 358 g/mol. The summed E-state index contributed by atoms with van der Waals surface area (Å²) in [6.07, 6.45) is 2.50. The number of hydrogen-bond acceptors (Lipinski definition) is 5. The smallest absolute Gasteiger partial charge is 0.251 e. The number of rotatable bonds is 6. The number of likely N-dealkylation sites (N-methyl/N-ethyl adjacent to an activating group) is 1. The molecule has 0 spiro atoms. The van der Waals surface area contributed by atoms with Gasteiger partial charge in [-0.15, -0.1) is 0 Å². The van der Waals surface area contributed by atoms with Crippen LogP contribution in [0.5, 0.6) is 5.75 Å². The van der Waals surface area contributed by atoms with Crippen molar-refractivity contribution in [3.05, 3.63) is 29.3 Å². The minimum absolute atomic E-state index is 0.0855. The molecule has 2 aliphatic rings. The van der Waals surface area contributed by atoms with Gasteiger partial charge in [0.05, 0.1) is 20.3 Å². The number of hydrogen-bond donors (Lipinski definition) is 1. The van der Waals surface area contributed by atoms with E-state index in [4.69, 9.17) is 9.47 Å². The van der Waals surface area contributed by atoms with E-state index >= 15 is 0 Å². The van der Waals surface area contributed by atoms with E-state index in [1.807, 2.05) is 30.0 Å². The van der Waals surface area contributed by atoms with Gasteiger partial charge < -0.3 is 19.7 Å². The van der Waals surface area contributed by atoms with Crippen molar-refractivity contribution >= 4 is 11.8 Å².